The number of imidazole rings is 2. The molecule has 2 saturated carbocycles. The number of amides is 1. The van der Waals surface area contributed by atoms with E-state index in [2.05, 4.69) is 41.0 Å². The molecule has 10 heteroatoms. The van der Waals surface area contributed by atoms with Crippen molar-refractivity contribution in [1.29, 1.82) is 0 Å². The quantitative estimate of drug-likeness (QED) is 0.171. The highest BCUT2D eigenvalue weighted by molar-refractivity contribution is 5.87. The van der Waals surface area contributed by atoms with Gasteiger partial charge < -0.3 is 20.0 Å². The van der Waals surface area contributed by atoms with Crippen LogP contribution < -0.4 is 5.32 Å². The van der Waals surface area contributed by atoms with E-state index in [0.29, 0.717) is 40.7 Å². The molecule has 1 amide bonds. The summed E-state index contributed by atoms with van der Waals surface area (Å²) in [6.07, 6.45) is 7.86. The zero-order chi connectivity index (χ0) is 37.6. The van der Waals surface area contributed by atoms with Crippen LogP contribution in [0.2, 0.25) is 0 Å². The van der Waals surface area contributed by atoms with Gasteiger partial charge in [-0.2, -0.15) is 8.78 Å². The molecule has 4 heterocycles. The second-order valence-electron chi connectivity index (χ2n) is 18.9. The van der Waals surface area contributed by atoms with Crippen LogP contribution in [-0.4, -0.2) is 48.6 Å². The highest BCUT2D eigenvalue weighted by Crippen LogP contribution is 2.59. The van der Waals surface area contributed by atoms with Crippen molar-refractivity contribution in [1.82, 2.24) is 30.2 Å². The molecule has 280 valence electrons. The lowest BCUT2D eigenvalue weighted by Gasteiger charge is -2.42. The average Bonchev–Trinajstić information content (AvgIpc) is 3.75. The summed E-state index contributed by atoms with van der Waals surface area (Å²) >= 11 is 0. The number of ether oxygens (including phenoxy) is 1. The van der Waals surface area contributed by atoms with E-state index in [1.54, 1.807) is 29.3 Å². The molecule has 3 N–H and O–H groups in total. The van der Waals surface area contributed by atoms with Crippen molar-refractivity contribution >= 4 is 17.1 Å². The Morgan fingerprint density at radius 3 is 2.22 bits per heavy atom. The topological polar surface area (TPSA) is 98.9 Å². The summed E-state index contributed by atoms with van der Waals surface area (Å²) in [6, 6.07) is 16.6. The predicted octanol–water partition coefficient (Wildman–Crippen LogP) is 10.4. The highest BCUT2D eigenvalue weighted by Gasteiger charge is 2.57. The summed E-state index contributed by atoms with van der Waals surface area (Å²) in [6.45, 7) is 13.2. The zero-order valence-electron chi connectivity index (χ0n) is 31.9. The Morgan fingerprint density at radius 2 is 1.54 bits per heavy atom. The third-order valence-electron chi connectivity index (χ3n) is 13.3. The van der Waals surface area contributed by atoms with Crippen LogP contribution >= 0.6 is 0 Å². The monoisotopic (exact) mass is 730 g/mol. The molecule has 2 saturated heterocycles. The van der Waals surface area contributed by atoms with Gasteiger partial charge in [0.05, 0.1) is 35.0 Å². The molecule has 2 aromatic heterocycles. The number of fused-ring (bicyclic) bond motifs is 6. The van der Waals surface area contributed by atoms with E-state index >= 15 is 8.78 Å². The van der Waals surface area contributed by atoms with E-state index < -0.39 is 11.5 Å². The van der Waals surface area contributed by atoms with Crippen molar-refractivity contribution < 1.29 is 18.3 Å². The van der Waals surface area contributed by atoms with Crippen LogP contribution in [0.1, 0.15) is 115 Å². The molecular weight excluding hydrogens is 683 g/mol. The van der Waals surface area contributed by atoms with Crippen LogP contribution in [0.5, 0.6) is 0 Å². The van der Waals surface area contributed by atoms with Gasteiger partial charge >= 0.3 is 6.09 Å². The number of nitrogens with zero attached hydrogens (tertiary/aromatic N) is 3. The van der Waals surface area contributed by atoms with E-state index in [1.165, 1.54) is 12.8 Å². The smallest absolute Gasteiger partial charge is 0.410 e. The third-order valence-corrected chi connectivity index (χ3v) is 13.3. The summed E-state index contributed by atoms with van der Waals surface area (Å²) in [5.74, 6) is -1.01. The van der Waals surface area contributed by atoms with Crippen molar-refractivity contribution in [3.05, 3.63) is 83.6 Å². The van der Waals surface area contributed by atoms with E-state index in [-0.39, 0.29) is 45.7 Å². The minimum Gasteiger partial charge on any atom is -0.444 e. The number of benzene rings is 3. The predicted molar refractivity (Wildman–Crippen MR) is 205 cm³/mol. The number of halogens is 2. The molecule has 3 aromatic carbocycles. The minimum atomic E-state index is -3.18. The summed E-state index contributed by atoms with van der Waals surface area (Å²) in [5, 5.41) is 3.96. The normalized spacial score (nSPS) is 26.1. The summed E-state index contributed by atoms with van der Waals surface area (Å²) < 4.78 is 38.6. The van der Waals surface area contributed by atoms with Crippen LogP contribution in [0, 0.1) is 16.7 Å². The number of aromatic nitrogens is 4. The zero-order valence-corrected chi connectivity index (χ0v) is 31.9. The van der Waals surface area contributed by atoms with Gasteiger partial charge in [-0.25, -0.2) is 14.8 Å². The van der Waals surface area contributed by atoms with E-state index in [9.17, 15) is 4.79 Å². The van der Waals surface area contributed by atoms with Gasteiger partial charge in [-0.15, -0.1) is 0 Å². The molecule has 0 radical (unpaired) electrons. The van der Waals surface area contributed by atoms with E-state index in [1.807, 2.05) is 57.2 Å². The standard InChI is InChI=1S/C44H48F2N6O2/c1-40(2,3)43-14-13-27(20-43)36(51-43)38-48-32-12-9-25(19-33(32)49-38)24-7-10-28-29-11-8-26(18-31(29)44(45,46)30(28)17-24)34-22-47-37(50-34)35-21-42(15-16-42)23-52(35)39(53)54-41(4,5)6/h7-12,17-19,22,27,35-36,51H,13-16,20-21,23H2,1-6H3,(H,47,50)(H,48,49)/t27-,35-,36-,43+/m0/s1. The fourth-order valence-electron chi connectivity index (χ4n) is 10.0. The SMILES string of the molecule is CC(C)(C)OC(=O)N1CC2(CC2)C[C@H]1c1ncc(-c2ccc3c(c2)C(F)(F)c2cc(-c4ccc5nc([C@H]6N[C@]7(C(C)(C)C)CC[C@H]6C7)[nH]c5c4)ccc2-3)[nH]1. The van der Waals surface area contributed by atoms with Crippen molar-refractivity contribution in [2.75, 3.05) is 6.54 Å². The minimum absolute atomic E-state index is 0.00944. The van der Waals surface area contributed by atoms with Gasteiger partial charge in [0.25, 0.3) is 5.92 Å². The van der Waals surface area contributed by atoms with Crippen molar-refractivity contribution in [3.63, 3.8) is 0 Å². The Hall–Kier alpha value is -4.57. The van der Waals surface area contributed by atoms with Crippen LogP contribution in [0.3, 0.4) is 0 Å². The molecule has 2 bridgehead atoms. The molecular formula is C44H48F2N6O2. The lowest BCUT2D eigenvalue weighted by molar-refractivity contribution is 0.0212. The number of carbonyl (C=O) groups excluding carboxylic acids is 1. The Labute approximate surface area is 314 Å². The summed E-state index contributed by atoms with van der Waals surface area (Å²) in [7, 11) is 0. The molecule has 4 fully saturated rings. The van der Waals surface area contributed by atoms with Crippen LogP contribution in [0.15, 0.2) is 60.8 Å². The molecule has 5 aliphatic rings. The van der Waals surface area contributed by atoms with Gasteiger partial charge in [0.1, 0.15) is 17.2 Å². The fourth-order valence-corrected chi connectivity index (χ4v) is 10.0. The van der Waals surface area contributed by atoms with E-state index in [0.717, 1.165) is 53.7 Å². The molecule has 54 heavy (non-hydrogen) atoms. The first-order valence-corrected chi connectivity index (χ1v) is 19.5. The summed E-state index contributed by atoms with van der Waals surface area (Å²) in [4.78, 5) is 31.6. The number of hydrogen-bond acceptors (Lipinski definition) is 5. The molecule has 3 aliphatic carbocycles. The molecule has 2 aliphatic heterocycles. The number of hydrogen-bond donors (Lipinski definition) is 3. The third kappa shape index (κ3) is 5.18. The number of H-pyrrole nitrogens is 2. The first-order chi connectivity index (χ1) is 25.5. The molecule has 1 spiro atoms. The van der Waals surface area contributed by atoms with Gasteiger partial charge in [0.15, 0.2) is 0 Å². The number of nitrogens with one attached hydrogen (secondary N) is 3. The van der Waals surface area contributed by atoms with Crippen LogP contribution in [0.25, 0.3) is 44.5 Å². The second kappa shape index (κ2) is 11.0. The molecule has 0 unspecified atom stereocenters. The Kier molecular flexibility index (Phi) is 6.93. The molecule has 8 nitrogen and oxygen atoms in total. The number of likely N-dealkylation sites (tertiary alicyclic amines) is 1. The Bertz CT molecular complexity index is 2360. The first-order valence-electron chi connectivity index (χ1n) is 19.5. The molecule has 5 aromatic rings. The first kappa shape index (κ1) is 34.0. The Balaban J connectivity index is 0.912. The average molecular weight is 731 g/mol. The van der Waals surface area contributed by atoms with Gasteiger partial charge in [0.2, 0.25) is 0 Å². The largest absolute Gasteiger partial charge is 0.444 e. The van der Waals surface area contributed by atoms with Gasteiger partial charge in [0, 0.05) is 28.8 Å². The number of alkyl halides is 2. The second-order valence-corrected chi connectivity index (χ2v) is 18.9. The van der Waals surface area contributed by atoms with Crippen molar-refractivity contribution in [2.45, 2.75) is 109 Å². The summed E-state index contributed by atoms with van der Waals surface area (Å²) in [5.41, 5.74) is 5.54. The number of carbonyl (C=O) groups is 1. The molecule has 10 rings (SSSR count). The van der Waals surface area contributed by atoms with Crippen molar-refractivity contribution in [3.8, 4) is 33.5 Å². The molecule has 4 atom stereocenters. The van der Waals surface area contributed by atoms with E-state index in [4.69, 9.17) is 9.72 Å². The lowest BCUT2D eigenvalue weighted by Crippen LogP contribution is -2.51. The van der Waals surface area contributed by atoms with Crippen LogP contribution in [0.4, 0.5) is 13.6 Å². The maximum atomic E-state index is 16.5. The maximum absolute atomic E-state index is 16.5. The highest BCUT2D eigenvalue weighted by atomic mass is 19.3. The number of aromatic amines is 2. The van der Waals surface area contributed by atoms with Gasteiger partial charge in [-0.05, 0) is 123 Å². The lowest BCUT2D eigenvalue weighted by atomic mass is 9.73. The Morgan fingerprint density at radius 1 is 0.852 bits per heavy atom. The fraction of sp³-hybridized carbons (Fsp3) is 0.477. The van der Waals surface area contributed by atoms with Crippen molar-refractivity contribution in [2.24, 2.45) is 16.7 Å². The number of rotatable bonds is 4. The number of piperidine rings is 1. The maximum Gasteiger partial charge on any atom is 0.410 e. The van der Waals surface area contributed by atoms with Gasteiger partial charge in [-0.1, -0.05) is 51.1 Å². The van der Waals surface area contributed by atoms with Gasteiger partial charge in [-0.3, -0.25) is 4.90 Å². The van der Waals surface area contributed by atoms with Crippen LogP contribution in [-0.2, 0) is 10.7 Å².